The minimum Gasteiger partial charge on any atom is -0.348 e. The molecule has 0 saturated carbocycles. The summed E-state index contributed by atoms with van der Waals surface area (Å²) in [5.41, 5.74) is 7.13. The smallest absolute Gasteiger partial charge is 0.185 e. The fourth-order valence-corrected chi connectivity index (χ4v) is 3.88. The number of hydrogen-bond acceptors (Lipinski definition) is 4. The highest BCUT2D eigenvalue weighted by molar-refractivity contribution is 7.15. The third-order valence-corrected chi connectivity index (χ3v) is 5.50. The average Bonchev–Trinajstić information content (AvgIpc) is 2.90. The van der Waals surface area contributed by atoms with Gasteiger partial charge in [-0.3, -0.25) is 0 Å². The molecule has 0 bridgehead atoms. The molecule has 0 spiro atoms. The molecule has 0 aliphatic carbocycles. The Bertz CT molecular complexity index is 402. The van der Waals surface area contributed by atoms with Crippen LogP contribution in [0.3, 0.4) is 0 Å². The Hall–Kier alpha value is -0.610. The SMILES string of the molecule is CCC1CCCN(c2nc(C(C)CC)c(CN)s2)C1. The van der Waals surface area contributed by atoms with E-state index in [9.17, 15) is 0 Å². The summed E-state index contributed by atoms with van der Waals surface area (Å²) in [5, 5.41) is 1.20. The summed E-state index contributed by atoms with van der Waals surface area (Å²) in [5.74, 6) is 1.36. The Morgan fingerprint density at radius 2 is 2.26 bits per heavy atom. The second-order valence-electron chi connectivity index (χ2n) is 5.68. The summed E-state index contributed by atoms with van der Waals surface area (Å²) in [7, 11) is 0. The first-order valence-electron chi connectivity index (χ1n) is 7.64. The summed E-state index contributed by atoms with van der Waals surface area (Å²) >= 11 is 1.81. The van der Waals surface area contributed by atoms with Crippen molar-refractivity contribution in [2.24, 2.45) is 11.7 Å². The Labute approximate surface area is 121 Å². The van der Waals surface area contributed by atoms with E-state index in [1.54, 1.807) is 0 Å². The van der Waals surface area contributed by atoms with Gasteiger partial charge in [-0.1, -0.05) is 27.2 Å². The Morgan fingerprint density at radius 1 is 1.47 bits per heavy atom. The molecule has 0 radical (unpaired) electrons. The van der Waals surface area contributed by atoms with Crippen LogP contribution in [0.2, 0.25) is 0 Å². The molecule has 2 rings (SSSR count). The molecular weight excluding hydrogens is 254 g/mol. The minimum atomic E-state index is 0.523. The van der Waals surface area contributed by atoms with E-state index in [4.69, 9.17) is 10.7 Å². The number of piperidine rings is 1. The van der Waals surface area contributed by atoms with Crippen LogP contribution in [0.1, 0.15) is 62.9 Å². The first-order valence-corrected chi connectivity index (χ1v) is 8.45. The second-order valence-corrected chi connectivity index (χ2v) is 6.74. The van der Waals surface area contributed by atoms with Crippen LogP contribution in [0.5, 0.6) is 0 Å². The largest absolute Gasteiger partial charge is 0.348 e. The molecule has 2 N–H and O–H groups in total. The lowest BCUT2D eigenvalue weighted by Gasteiger charge is -2.32. The second kappa shape index (κ2) is 6.71. The fraction of sp³-hybridized carbons (Fsp3) is 0.800. The predicted molar refractivity (Wildman–Crippen MR) is 83.9 cm³/mol. The van der Waals surface area contributed by atoms with Crippen LogP contribution in [-0.4, -0.2) is 18.1 Å². The lowest BCUT2D eigenvalue weighted by atomic mass is 9.96. The van der Waals surface area contributed by atoms with E-state index in [1.807, 2.05) is 11.3 Å². The summed E-state index contributed by atoms with van der Waals surface area (Å²) in [4.78, 5) is 8.67. The predicted octanol–water partition coefficient (Wildman–Crippen LogP) is 3.74. The van der Waals surface area contributed by atoms with Crippen LogP contribution >= 0.6 is 11.3 Å². The van der Waals surface area contributed by atoms with Crippen LogP contribution in [0, 0.1) is 5.92 Å². The van der Waals surface area contributed by atoms with E-state index in [-0.39, 0.29) is 0 Å². The van der Waals surface area contributed by atoms with Gasteiger partial charge in [0.15, 0.2) is 5.13 Å². The first kappa shape index (κ1) is 14.8. The van der Waals surface area contributed by atoms with Gasteiger partial charge in [0.1, 0.15) is 0 Å². The summed E-state index contributed by atoms with van der Waals surface area (Å²) in [6.45, 7) is 9.73. The Morgan fingerprint density at radius 3 is 2.89 bits per heavy atom. The molecule has 4 heteroatoms. The molecule has 0 aromatic carbocycles. The molecule has 0 amide bonds. The van der Waals surface area contributed by atoms with Crippen molar-refractivity contribution in [3.8, 4) is 0 Å². The van der Waals surface area contributed by atoms with Gasteiger partial charge >= 0.3 is 0 Å². The van der Waals surface area contributed by atoms with Gasteiger partial charge in [-0.15, -0.1) is 11.3 Å². The molecule has 1 aromatic heterocycles. The van der Waals surface area contributed by atoms with Crippen LogP contribution in [-0.2, 0) is 6.54 Å². The Kier molecular flexibility index (Phi) is 5.22. The lowest BCUT2D eigenvalue weighted by Crippen LogP contribution is -2.35. The molecule has 3 nitrogen and oxygen atoms in total. The first-order chi connectivity index (χ1) is 9.19. The van der Waals surface area contributed by atoms with Gasteiger partial charge in [-0.25, -0.2) is 4.98 Å². The van der Waals surface area contributed by atoms with E-state index < -0.39 is 0 Å². The van der Waals surface area contributed by atoms with E-state index in [0.717, 1.165) is 18.9 Å². The molecule has 2 heterocycles. The number of thiazole rings is 1. The van der Waals surface area contributed by atoms with Gasteiger partial charge in [0.05, 0.1) is 5.69 Å². The van der Waals surface area contributed by atoms with Crippen molar-refractivity contribution in [3.63, 3.8) is 0 Å². The van der Waals surface area contributed by atoms with Gasteiger partial charge in [0.2, 0.25) is 0 Å². The topological polar surface area (TPSA) is 42.2 Å². The molecule has 1 fully saturated rings. The van der Waals surface area contributed by atoms with Crippen molar-refractivity contribution in [3.05, 3.63) is 10.6 Å². The molecule has 1 aromatic rings. The van der Waals surface area contributed by atoms with Crippen LogP contribution in [0.4, 0.5) is 5.13 Å². The molecule has 19 heavy (non-hydrogen) atoms. The number of aromatic nitrogens is 1. The maximum atomic E-state index is 5.89. The number of nitrogens with zero attached hydrogens (tertiary/aromatic N) is 2. The van der Waals surface area contributed by atoms with Crippen molar-refractivity contribution in [2.75, 3.05) is 18.0 Å². The van der Waals surface area contributed by atoms with Gasteiger partial charge in [-0.2, -0.15) is 0 Å². The molecule has 2 atom stereocenters. The molecule has 2 unspecified atom stereocenters. The van der Waals surface area contributed by atoms with Crippen molar-refractivity contribution in [1.29, 1.82) is 0 Å². The number of anilines is 1. The zero-order valence-electron chi connectivity index (χ0n) is 12.5. The molecule has 1 aliphatic heterocycles. The van der Waals surface area contributed by atoms with E-state index >= 15 is 0 Å². The third-order valence-electron chi connectivity index (χ3n) is 4.35. The van der Waals surface area contributed by atoms with E-state index in [0.29, 0.717) is 12.5 Å². The van der Waals surface area contributed by atoms with Crippen LogP contribution in [0.15, 0.2) is 0 Å². The highest BCUT2D eigenvalue weighted by Gasteiger charge is 2.23. The number of hydrogen-bond donors (Lipinski definition) is 1. The molecule has 1 saturated heterocycles. The fourth-order valence-electron chi connectivity index (χ4n) is 2.78. The van der Waals surface area contributed by atoms with E-state index in [2.05, 4.69) is 25.7 Å². The van der Waals surface area contributed by atoms with Gasteiger partial charge in [0.25, 0.3) is 0 Å². The summed E-state index contributed by atoms with van der Waals surface area (Å²) in [6.07, 6.45) is 5.09. The summed E-state index contributed by atoms with van der Waals surface area (Å²) in [6, 6.07) is 0. The van der Waals surface area contributed by atoms with Gasteiger partial charge in [0, 0.05) is 24.5 Å². The monoisotopic (exact) mass is 281 g/mol. The van der Waals surface area contributed by atoms with Crippen molar-refractivity contribution >= 4 is 16.5 Å². The highest BCUT2D eigenvalue weighted by atomic mass is 32.1. The lowest BCUT2D eigenvalue weighted by molar-refractivity contribution is 0.404. The quantitative estimate of drug-likeness (QED) is 0.894. The normalized spacial score (nSPS) is 21.7. The minimum absolute atomic E-state index is 0.523. The highest BCUT2D eigenvalue weighted by Crippen LogP contribution is 2.34. The van der Waals surface area contributed by atoms with Crippen LogP contribution < -0.4 is 10.6 Å². The zero-order chi connectivity index (χ0) is 13.8. The Balaban J connectivity index is 2.18. The number of rotatable bonds is 5. The molecule has 108 valence electrons. The van der Waals surface area contributed by atoms with E-state index in [1.165, 1.54) is 41.5 Å². The molecular formula is C15H27N3S. The van der Waals surface area contributed by atoms with Gasteiger partial charge < -0.3 is 10.6 Å². The molecule has 1 aliphatic rings. The number of nitrogens with two attached hydrogens (primary N) is 1. The van der Waals surface area contributed by atoms with Crippen molar-refractivity contribution in [2.45, 2.75) is 58.9 Å². The van der Waals surface area contributed by atoms with Gasteiger partial charge in [-0.05, 0) is 31.1 Å². The van der Waals surface area contributed by atoms with Crippen molar-refractivity contribution < 1.29 is 0 Å². The third kappa shape index (κ3) is 3.29. The summed E-state index contributed by atoms with van der Waals surface area (Å²) < 4.78 is 0. The maximum Gasteiger partial charge on any atom is 0.185 e. The average molecular weight is 281 g/mol. The standard InChI is InChI=1S/C15H27N3S/c1-4-11(3)14-13(9-16)19-15(17-14)18-8-6-7-12(5-2)10-18/h11-12H,4-10,16H2,1-3H3. The van der Waals surface area contributed by atoms with Crippen molar-refractivity contribution in [1.82, 2.24) is 4.98 Å². The zero-order valence-corrected chi connectivity index (χ0v) is 13.3. The maximum absolute atomic E-state index is 5.89. The van der Waals surface area contributed by atoms with Crippen LogP contribution in [0.25, 0.3) is 0 Å².